The third-order valence-corrected chi connectivity index (χ3v) is 5.30. The van der Waals surface area contributed by atoms with E-state index in [1.165, 1.54) is 17.2 Å². The average Bonchev–Trinajstić information content (AvgIpc) is 2.84. The van der Waals surface area contributed by atoms with Crippen molar-refractivity contribution < 1.29 is 4.39 Å². The van der Waals surface area contributed by atoms with E-state index in [1.54, 1.807) is 6.07 Å². The molecule has 0 saturated heterocycles. The van der Waals surface area contributed by atoms with Crippen LogP contribution >= 0.6 is 15.9 Å². The van der Waals surface area contributed by atoms with Gasteiger partial charge in [-0.25, -0.2) is 4.39 Å². The Hall–Kier alpha value is -1.19. The van der Waals surface area contributed by atoms with E-state index in [0.29, 0.717) is 11.0 Å². The molecule has 0 amide bonds. The molecule has 0 spiro atoms. The highest BCUT2D eigenvalue weighted by Gasteiger charge is 2.37. The normalized spacial score (nSPS) is 20.9. The fourth-order valence-corrected chi connectivity index (χ4v) is 3.69. The van der Waals surface area contributed by atoms with Crippen LogP contribution in [-0.2, 0) is 18.3 Å². The maximum atomic E-state index is 13.7. The number of halogens is 2. The second-order valence-electron chi connectivity index (χ2n) is 5.53. The molecule has 1 aliphatic rings. The van der Waals surface area contributed by atoms with Crippen molar-refractivity contribution in [3.63, 3.8) is 0 Å². The predicted molar refractivity (Wildman–Crippen MR) is 83.3 cm³/mol. The molecule has 104 valence electrons. The Kier molecular flexibility index (Phi) is 3.65. The van der Waals surface area contributed by atoms with Crippen LogP contribution in [0.3, 0.4) is 0 Å². The highest BCUT2D eigenvalue weighted by Crippen LogP contribution is 2.41. The quantitative estimate of drug-likeness (QED) is 0.903. The molecule has 0 aliphatic heterocycles. The molecule has 1 atom stereocenters. The van der Waals surface area contributed by atoms with Gasteiger partial charge in [-0.05, 0) is 57.9 Å². The lowest BCUT2D eigenvalue weighted by molar-refractivity contribution is 0.430. The second kappa shape index (κ2) is 5.30. The molecule has 0 heterocycles. The van der Waals surface area contributed by atoms with Crippen LogP contribution in [0.4, 0.5) is 4.39 Å². The lowest BCUT2D eigenvalue weighted by Gasteiger charge is -2.29. The van der Waals surface area contributed by atoms with Crippen molar-refractivity contribution in [2.24, 2.45) is 5.73 Å². The van der Waals surface area contributed by atoms with Crippen LogP contribution in [0.5, 0.6) is 0 Å². The molecule has 1 aliphatic carbocycles. The van der Waals surface area contributed by atoms with Gasteiger partial charge in [-0.15, -0.1) is 0 Å². The maximum absolute atomic E-state index is 13.7. The monoisotopic (exact) mass is 333 g/mol. The summed E-state index contributed by atoms with van der Waals surface area (Å²) in [7, 11) is 0. The van der Waals surface area contributed by atoms with Crippen molar-refractivity contribution in [1.29, 1.82) is 0 Å². The molecule has 0 aromatic heterocycles. The standard InChI is InChI=1S/C17H17BrFN/c18-16-13(5-3-7-15(16)19)10-17(11-20)9-8-12-4-1-2-6-14(12)17/h1-7H,8-11,20H2. The number of benzene rings is 2. The number of rotatable bonds is 3. The fraction of sp³-hybridized carbons (Fsp3) is 0.294. The highest BCUT2D eigenvalue weighted by atomic mass is 79.9. The van der Waals surface area contributed by atoms with Crippen molar-refractivity contribution in [2.45, 2.75) is 24.7 Å². The summed E-state index contributed by atoms with van der Waals surface area (Å²) in [5, 5.41) is 0. The second-order valence-corrected chi connectivity index (χ2v) is 6.32. The minimum absolute atomic E-state index is 0.0626. The Bertz CT molecular complexity index is 641. The van der Waals surface area contributed by atoms with E-state index < -0.39 is 0 Å². The van der Waals surface area contributed by atoms with Gasteiger partial charge in [0.15, 0.2) is 0 Å². The van der Waals surface area contributed by atoms with Crippen LogP contribution in [-0.4, -0.2) is 6.54 Å². The summed E-state index contributed by atoms with van der Waals surface area (Å²) in [4.78, 5) is 0. The number of hydrogen-bond acceptors (Lipinski definition) is 1. The lowest BCUT2D eigenvalue weighted by atomic mass is 9.76. The van der Waals surface area contributed by atoms with Gasteiger partial charge in [0.1, 0.15) is 5.82 Å². The molecule has 1 nitrogen and oxygen atoms in total. The zero-order valence-electron chi connectivity index (χ0n) is 11.2. The number of aryl methyl sites for hydroxylation is 1. The molecule has 3 rings (SSSR count). The smallest absolute Gasteiger partial charge is 0.137 e. The highest BCUT2D eigenvalue weighted by molar-refractivity contribution is 9.10. The minimum Gasteiger partial charge on any atom is -0.330 e. The third-order valence-electron chi connectivity index (χ3n) is 4.41. The Morgan fingerprint density at radius 1 is 1.15 bits per heavy atom. The van der Waals surface area contributed by atoms with Crippen molar-refractivity contribution >= 4 is 15.9 Å². The summed E-state index contributed by atoms with van der Waals surface area (Å²) in [6.45, 7) is 0.590. The maximum Gasteiger partial charge on any atom is 0.137 e. The van der Waals surface area contributed by atoms with E-state index in [-0.39, 0.29) is 11.2 Å². The number of fused-ring (bicyclic) bond motifs is 1. The van der Waals surface area contributed by atoms with E-state index in [4.69, 9.17) is 5.73 Å². The first-order valence-corrected chi connectivity index (χ1v) is 7.67. The van der Waals surface area contributed by atoms with Gasteiger partial charge >= 0.3 is 0 Å². The molecule has 0 saturated carbocycles. The molecule has 1 unspecified atom stereocenters. The molecule has 2 aromatic carbocycles. The summed E-state index contributed by atoms with van der Waals surface area (Å²) in [5.41, 5.74) is 9.75. The fourth-order valence-electron chi connectivity index (χ4n) is 3.28. The molecule has 2 aromatic rings. The molecular weight excluding hydrogens is 317 g/mol. The van der Waals surface area contributed by atoms with Crippen LogP contribution in [0.15, 0.2) is 46.9 Å². The summed E-state index contributed by atoms with van der Waals surface area (Å²) in [5.74, 6) is -0.207. The molecule has 0 radical (unpaired) electrons. The summed E-state index contributed by atoms with van der Waals surface area (Å²) < 4.78 is 14.3. The van der Waals surface area contributed by atoms with E-state index in [2.05, 4.69) is 40.2 Å². The van der Waals surface area contributed by atoms with Crippen LogP contribution < -0.4 is 5.73 Å². The number of nitrogens with two attached hydrogens (primary N) is 1. The lowest BCUT2D eigenvalue weighted by Crippen LogP contribution is -2.35. The SMILES string of the molecule is NCC1(Cc2cccc(F)c2Br)CCc2ccccc21. The van der Waals surface area contributed by atoms with E-state index >= 15 is 0 Å². The van der Waals surface area contributed by atoms with Gasteiger partial charge in [-0.3, -0.25) is 0 Å². The molecule has 2 N–H and O–H groups in total. The van der Waals surface area contributed by atoms with Crippen LogP contribution in [0.2, 0.25) is 0 Å². The molecule has 20 heavy (non-hydrogen) atoms. The largest absolute Gasteiger partial charge is 0.330 e. The van der Waals surface area contributed by atoms with Gasteiger partial charge in [-0.2, -0.15) is 0 Å². The zero-order chi connectivity index (χ0) is 14.2. The Balaban J connectivity index is 2.02. The van der Waals surface area contributed by atoms with Crippen molar-refractivity contribution in [2.75, 3.05) is 6.54 Å². The zero-order valence-corrected chi connectivity index (χ0v) is 12.8. The van der Waals surface area contributed by atoms with Gasteiger partial charge in [0, 0.05) is 12.0 Å². The predicted octanol–water partition coefficient (Wildman–Crippen LogP) is 3.97. The van der Waals surface area contributed by atoms with E-state index in [9.17, 15) is 4.39 Å². The van der Waals surface area contributed by atoms with Crippen molar-refractivity contribution in [3.8, 4) is 0 Å². The summed E-state index contributed by atoms with van der Waals surface area (Å²) in [6, 6.07) is 13.7. The Morgan fingerprint density at radius 3 is 2.75 bits per heavy atom. The molecule has 3 heteroatoms. The van der Waals surface area contributed by atoms with E-state index in [1.807, 2.05) is 6.07 Å². The first-order valence-electron chi connectivity index (χ1n) is 6.88. The topological polar surface area (TPSA) is 26.0 Å². The molecule has 0 bridgehead atoms. The van der Waals surface area contributed by atoms with Crippen LogP contribution in [0.1, 0.15) is 23.1 Å². The van der Waals surface area contributed by atoms with E-state index in [0.717, 1.165) is 24.8 Å². The molecule has 0 fully saturated rings. The molecular formula is C17H17BrFN. The van der Waals surface area contributed by atoms with Crippen LogP contribution in [0, 0.1) is 5.82 Å². The Morgan fingerprint density at radius 2 is 1.95 bits per heavy atom. The first kappa shape index (κ1) is 13.8. The first-order chi connectivity index (χ1) is 9.66. The average molecular weight is 334 g/mol. The van der Waals surface area contributed by atoms with Gasteiger partial charge in [0.25, 0.3) is 0 Å². The summed E-state index contributed by atoms with van der Waals surface area (Å²) >= 11 is 3.36. The van der Waals surface area contributed by atoms with Gasteiger partial charge < -0.3 is 5.73 Å². The van der Waals surface area contributed by atoms with Crippen molar-refractivity contribution in [1.82, 2.24) is 0 Å². The third kappa shape index (κ3) is 2.19. The van der Waals surface area contributed by atoms with Crippen molar-refractivity contribution in [3.05, 3.63) is 69.4 Å². The van der Waals surface area contributed by atoms with Crippen LogP contribution in [0.25, 0.3) is 0 Å². The Labute approximate surface area is 127 Å². The van der Waals surface area contributed by atoms with Gasteiger partial charge in [-0.1, -0.05) is 36.4 Å². The minimum atomic E-state index is -0.207. The summed E-state index contributed by atoms with van der Waals surface area (Å²) in [6.07, 6.45) is 2.87. The van der Waals surface area contributed by atoms with Gasteiger partial charge in [0.2, 0.25) is 0 Å². The van der Waals surface area contributed by atoms with Gasteiger partial charge in [0.05, 0.1) is 4.47 Å². The number of hydrogen-bond donors (Lipinski definition) is 1.